The first-order valence-corrected chi connectivity index (χ1v) is 6.54. The molecule has 0 aliphatic carbocycles. The Hall–Kier alpha value is -1.62. The van der Waals surface area contributed by atoms with Gasteiger partial charge in [-0.25, -0.2) is 0 Å². The Kier molecular flexibility index (Phi) is 5.76. The molecule has 106 valence electrons. The molecule has 1 N–H and O–H groups in total. The van der Waals surface area contributed by atoms with E-state index in [1.807, 2.05) is 0 Å². The van der Waals surface area contributed by atoms with Gasteiger partial charge in [0.1, 0.15) is 5.75 Å². The number of nitro groups is 1. The zero-order valence-corrected chi connectivity index (χ0v) is 12.0. The summed E-state index contributed by atoms with van der Waals surface area (Å²) >= 11 is 0. The molecule has 0 aromatic heterocycles. The number of methoxy groups -OCH3 is 1. The van der Waals surface area contributed by atoms with E-state index in [-0.39, 0.29) is 10.6 Å². The molecule has 19 heavy (non-hydrogen) atoms. The highest BCUT2D eigenvalue weighted by Gasteiger charge is 2.17. The fourth-order valence-electron chi connectivity index (χ4n) is 2.08. The maximum absolute atomic E-state index is 10.8. The topological polar surface area (TPSA) is 64.4 Å². The lowest BCUT2D eigenvalue weighted by Crippen LogP contribution is -2.32. The number of rotatable bonds is 7. The average Bonchev–Trinajstić information content (AvgIpc) is 2.38. The first-order chi connectivity index (χ1) is 8.99. The Morgan fingerprint density at radius 3 is 2.63 bits per heavy atom. The highest BCUT2D eigenvalue weighted by atomic mass is 16.6. The van der Waals surface area contributed by atoms with Crippen molar-refractivity contribution >= 4 is 5.69 Å². The second-order valence-corrected chi connectivity index (χ2v) is 4.78. The molecule has 5 nitrogen and oxygen atoms in total. The molecule has 1 aromatic carbocycles. The van der Waals surface area contributed by atoms with Gasteiger partial charge in [-0.1, -0.05) is 13.8 Å². The largest absolute Gasteiger partial charge is 0.496 e. The summed E-state index contributed by atoms with van der Waals surface area (Å²) in [5.41, 5.74) is 0.994. The highest BCUT2D eigenvalue weighted by Crippen LogP contribution is 2.27. The van der Waals surface area contributed by atoms with Gasteiger partial charge in [-0.3, -0.25) is 10.1 Å². The molecule has 0 aliphatic heterocycles. The van der Waals surface area contributed by atoms with Crippen LogP contribution in [0.1, 0.15) is 26.3 Å². The Morgan fingerprint density at radius 2 is 2.11 bits per heavy atom. The van der Waals surface area contributed by atoms with E-state index >= 15 is 0 Å². The molecule has 0 radical (unpaired) electrons. The number of non-ortho nitro benzene ring substituents is 1. The van der Waals surface area contributed by atoms with Crippen molar-refractivity contribution in [1.29, 1.82) is 0 Å². The molecular formula is C14H22N2O3. The lowest BCUT2D eigenvalue weighted by molar-refractivity contribution is -0.384. The average molecular weight is 266 g/mol. The van der Waals surface area contributed by atoms with Crippen molar-refractivity contribution in [3.63, 3.8) is 0 Å². The highest BCUT2D eigenvalue weighted by molar-refractivity contribution is 5.44. The molecular weight excluding hydrogens is 244 g/mol. The zero-order valence-electron chi connectivity index (χ0n) is 12.0. The van der Waals surface area contributed by atoms with Gasteiger partial charge in [0.15, 0.2) is 0 Å². The van der Waals surface area contributed by atoms with Crippen LogP contribution in [0.15, 0.2) is 18.2 Å². The van der Waals surface area contributed by atoms with E-state index in [1.54, 1.807) is 19.2 Å². The number of ether oxygens (including phenoxy) is 1. The normalized spacial score (nSPS) is 13.9. The zero-order chi connectivity index (χ0) is 14.4. The lowest BCUT2D eigenvalue weighted by atomic mass is 9.94. The van der Waals surface area contributed by atoms with E-state index < -0.39 is 0 Å². The molecule has 2 unspecified atom stereocenters. The molecule has 0 aliphatic rings. The van der Waals surface area contributed by atoms with E-state index in [4.69, 9.17) is 4.74 Å². The quantitative estimate of drug-likeness (QED) is 0.609. The number of nitro benzene ring substituents is 1. The van der Waals surface area contributed by atoms with Gasteiger partial charge < -0.3 is 10.1 Å². The summed E-state index contributed by atoms with van der Waals surface area (Å²) in [5, 5.41) is 14.2. The molecule has 1 rings (SSSR count). The predicted octanol–water partition coefficient (Wildman–Crippen LogP) is 2.78. The summed E-state index contributed by atoms with van der Waals surface area (Å²) in [6.07, 6.45) is 0.749. The van der Waals surface area contributed by atoms with Gasteiger partial charge in [-0.2, -0.15) is 0 Å². The Morgan fingerprint density at radius 1 is 1.42 bits per heavy atom. The summed E-state index contributed by atoms with van der Waals surface area (Å²) in [7, 11) is 1.59. The van der Waals surface area contributed by atoms with Crippen LogP contribution in [0, 0.1) is 16.0 Å². The molecule has 1 aromatic rings. The molecule has 5 heteroatoms. The standard InChI is InChI=1S/C14H22N2O3/c1-5-15-11(3)10(2)8-12-9-13(16(17)18)6-7-14(12)19-4/h6-7,9-11,15H,5,8H2,1-4H3. The Labute approximate surface area is 114 Å². The third kappa shape index (κ3) is 4.21. The molecule has 0 spiro atoms. The van der Waals surface area contributed by atoms with Crippen molar-refractivity contribution in [2.24, 2.45) is 5.92 Å². The summed E-state index contributed by atoms with van der Waals surface area (Å²) in [4.78, 5) is 10.5. The lowest BCUT2D eigenvalue weighted by Gasteiger charge is -2.21. The van der Waals surface area contributed by atoms with Crippen LogP contribution < -0.4 is 10.1 Å². The fourth-order valence-corrected chi connectivity index (χ4v) is 2.08. The van der Waals surface area contributed by atoms with Gasteiger partial charge in [0.25, 0.3) is 5.69 Å². The van der Waals surface area contributed by atoms with Crippen LogP contribution in [0.5, 0.6) is 5.75 Å². The molecule has 0 saturated carbocycles. The van der Waals surface area contributed by atoms with Crippen molar-refractivity contribution in [3.05, 3.63) is 33.9 Å². The number of hydrogen-bond acceptors (Lipinski definition) is 4. The van der Waals surface area contributed by atoms with Crippen molar-refractivity contribution < 1.29 is 9.66 Å². The van der Waals surface area contributed by atoms with Gasteiger partial charge >= 0.3 is 0 Å². The van der Waals surface area contributed by atoms with Crippen LogP contribution in [-0.4, -0.2) is 24.6 Å². The minimum atomic E-state index is -0.374. The predicted molar refractivity (Wildman–Crippen MR) is 75.7 cm³/mol. The van der Waals surface area contributed by atoms with Crippen molar-refractivity contribution in [3.8, 4) is 5.75 Å². The van der Waals surface area contributed by atoms with Crippen LogP contribution in [0.25, 0.3) is 0 Å². The van der Waals surface area contributed by atoms with Gasteiger partial charge in [0.05, 0.1) is 12.0 Å². The van der Waals surface area contributed by atoms with E-state index in [2.05, 4.69) is 26.1 Å². The monoisotopic (exact) mass is 266 g/mol. The van der Waals surface area contributed by atoms with Gasteiger partial charge in [0, 0.05) is 23.7 Å². The summed E-state index contributed by atoms with van der Waals surface area (Å²) in [5.74, 6) is 1.08. The van der Waals surface area contributed by atoms with Gasteiger partial charge in [-0.05, 0) is 31.9 Å². The first-order valence-electron chi connectivity index (χ1n) is 6.54. The van der Waals surface area contributed by atoms with Crippen LogP contribution >= 0.6 is 0 Å². The summed E-state index contributed by atoms with van der Waals surface area (Å²) in [6, 6.07) is 5.10. The second-order valence-electron chi connectivity index (χ2n) is 4.78. The summed E-state index contributed by atoms with van der Waals surface area (Å²) in [6.45, 7) is 7.23. The van der Waals surface area contributed by atoms with E-state index in [0.29, 0.717) is 17.7 Å². The Bertz CT molecular complexity index is 435. The number of hydrogen-bond donors (Lipinski definition) is 1. The van der Waals surface area contributed by atoms with E-state index in [0.717, 1.165) is 18.5 Å². The fraction of sp³-hybridized carbons (Fsp3) is 0.571. The molecule has 0 saturated heterocycles. The Balaban J connectivity index is 2.91. The minimum absolute atomic E-state index is 0.110. The SMILES string of the molecule is CCNC(C)C(C)Cc1cc([N+](=O)[O-])ccc1OC. The molecule has 0 heterocycles. The second kappa shape index (κ2) is 7.09. The van der Waals surface area contributed by atoms with Crippen molar-refractivity contribution in [2.75, 3.05) is 13.7 Å². The third-order valence-electron chi connectivity index (χ3n) is 3.40. The minimum Gasteiger partial charge on any atom is -0.496 e. The van der Waals surface area contributed by atoms with Crippen LogP contribution in [-0.2, 0) is 6.42 Å². The smallest absolute Gasteiger partial charge is 0.269 e. The van der Waals surface area contributed by atoms with Crippen LogP contribution in [0.2, 0.25) is 0 Å². The van der Waals surface area contributed by atoms with E-state index in [9.17, 15) is 10.1 Å². The summed E-state index contributed by atoms with van der Waals surface area (Å²) < 4.78 is 5.28. The van der Waals surface area contributed by atoms with Gasteiger partial charge in [-0.15, -0.1) is 0 Å². The first kappa shape index (κ1) is 15.4. The van der Waals surface area contributed by atoms with E-state index in [1.165, 1.54) is 6.07 Å². The van der Waals surface area contributed by atoms with Crippen molar-refractivity contribution in [1.82, 2.24) is 5.32 Å². The third-order valence-corrected chi connectivity index (χ3v) is 3.40. The molecule has 0 amide bonds. The van der Waals surface area contributed by atoms with Crippen LogP contribution in [0.3, 0.4) is 0 Å². The number of nitrogens with one attached hydrogen (secondary N) is 1. The number of benzene rings is 1. The molecule has 0 bridgehead atoms. The molecule has 2 atom stereocenters. The maximum atomic E-state index is 10.8. The maximum Gasteiger partial charge on any atom is 0.269 e. The van der Waals surface area contributed by atoms with Crippen molar-refractivity contribution in [2.45, 2.75) is 33.2 Å². The number of nitrogens with zero attached hydrogens (tertiary/aromatic N) is 1. The van der Waals surface area contributed by atoms with Gasteiger partial charge in [0.2, 0.25) is 0 Å². The molecule has 0 fully saturated rings. The van der Waals surface area contributed by atoms with Crippen LogP contribution in [0.4, 0.5) is 5.69 Å².